The molecule has 2 rings (SSSR count). The topological polar surface area (TPSA) is 70.4 Å². The van der Waals surface area contributed by atoms with Crippen molar-refractivity contribution in [2.24, 2.45) is 0 Å². The van der Waals surface area contributed by atoms with E-state index in [0.29, 0.717) is 15.5 Å². The third-order valence-electron chi connectivity index (χ3n) is 3.09. The number of rotatable bonds is 5. The molecular formula is C16H13ClN2O3S. The fraction of sp³-hybridized carbons (Fsp3) is 0.188. The monoisotopic (exact) mass is 348 g/mol. The average molecular weight is 349 g/mol. The van der Waals surface area contributed by atoms with Crippen LogP contribution in [0.3, 0.4) is 0 Å². The second-order valence-electron chi connectivity index (χ2n) is 4.64. The number of methoxy groups -OCH3 is 1. The molecule has 23 heavy (non-hydrogen) atoms. The van der Waals surface area contributed by atoms with Gasteiger partial charge < -0.3 is 9.64 Å². The molecule has 0 bridgehead atoms. The van der Waals surface area contributed by atoms with E-state index in [1.54, 1.807) is 29.6 Å². The smallest absolute Gasteiger partial charge is 0.325 e. The van der Waals surface area contributed by atoms with Crippen molar-refractivity contribution in [1.82, 2.24) is 4.90 Å². The molecule has 0 aliphatic heterocycles. The Morgan fingerprint density at radius 3 is 2.74 bits per heavy atom. The second-order valence-corrected chi connectivity index (χ2v) is 5.96. The first-order valence-corrected chi connectivity index (χ1v) is 7.89. The van der Waals surface area contributed by atoms with E-state index in [4.69, 9.17) is 16.9 Å². The van der Waals surface area contributed by atoms with Crippen molar-refractivity contribution in [3.8, 4) is 6.07 Å². The maximum atomic E-state index is 12.6. The lowest BCUT2D eigenvalue weighted by molar-refractivity contribution is -0.141. The molecule has 0 saturated heterocycles. The molecule has 2 aromatic rings. The normalized spacial score (nSPS) is 9.96. The fourth-order valence-corrected chi connectivity index (χ4v) is 2.91. The number of thiophene rings is 1. The fourth-order valence-electron chi connectivity index (χ4n) is 1.91. The van der Waals surface area contributed by atoms with Crippen LogP contribution in [0.5, 0.6) is 0 Å². The number of nitrogens with zero attached hydrogens (tertiary/aromatic N) is 2. The minimum Gasteiger partial charge on any atom is -0.468 e. The number of esters is 1. The minimum absolute atomic E-state index is 0.174. The van der Waals surface area contributed by atoms with Crippen molar-refractivity contribution in [2.45, 2.75) is 6.54 Å². The zero-order chi connectivity index (χ0) is 16.8. The molecule has 0 spiro atoms. The summed E-state index contributed by atoms with van der Waals surface area (Å²) in [6, 6.07) is 10.6. The molecule has 1 heterocycles. The van der Waals surface area contributed by atoms with Crippen molar-refractivity contribution < 1.29 is 14.3 Å². The van der Waals surface area contributed by atoms with Gasteiger partial charge in [-0.3, -0.25) is 9.59 Å². The van der Waals surface area contributed by atoms with Crippen molar-refractivity contribution in [1.29, 1.82) is 5.26 Å². The van der Waals surface area contributed by atoms with Gasteiger partial charge in [-0.2, -0.15) is 5.26 Å². The molecule has 0 saturated carbocycles. The first kappa shape index (κ1) is 17.0. The van der Waals surface area contributed by atoms with Crippen LogP contribution in [0.25, 0.3) is 0 Å². The van der Waals surface area contributed by atoms with Crippen molar-refractivity contribution >= 4 is 34.8 Å². The summed E-state index contributed by atoms with van der Waals surface area (Å²) < 4.78 is 4.65. The molecular weight excluding hydrogens is 336 g/mol. The highest BCUT2D eigenvalue weighted by atomic mass is 35.5. The predicted molar refractivity (Wildman–Crippen MR) is 87.2 cm³/mol. The van der Waals surface area contributed by atoms with E-state index in [1.165, 1.54) is 18.1 Å². The first-order valence-electron chi connectivity index (χ1n) is 6.63. The summed E-state index contributed by atoms with van der Waals surface area (Å²) in [6.07, 6.45) is 0. The number of halogens is 1. The van der Waals surface area contributed by atoms with Gasteiger partial charge in [0.2, 0.25) is 0 Å². The predicted octanol–water partition coefficient (Wildman–Crippen LogP) is 3.09. The molecule has 0 atom stereocenters. The van der Waals surface area contributed by atoms with Gasteiger partial charge in [0.15, 0.2) is 0 Å². The third-order valence-corrected chi connectivity index (χ3v) is 4.38. The summed E-state index contributed by atoms with van der Waals surface area (Å²) in [5, 5.41) is 11.0. The Morgan fingerprint density at radius 2 is 2.13 bits per heavy atom. The highest BCUT2D eigenvalue weighted by Crippen LogP contribution is 2.21. The molecule has 5 nitrogen and oxygen atoms in total. The first-order chi connectivity index (χ1) is 11.0. The zero-order valence-corrected chi connectivity index (χ0v) is 13.9. The van der Waals surface area contributed by atoms with Crippen LogP contribution in [-0.4, -0.2) is 30.4 Å². The maximum Gasteiger partial charge on any atom is 0.325 e. The van der Waals surface area contributed by atoms with Gasteiger partial charge >= 0.3 is 5.97 Å². The van der Waals surface area contributed by atoms with E-state index in [-0.39, 0.29) is 19.0 Å². The van der Waals surface area contributed by atoms with Gasteiger partial charge in [0, 0.05) is 16.9 Å². The van der Waals surface area contributed by atoms with Crippen LogP contribution in [0.2, 0.25) is 5.02 Å². The number of benzene rings is 1. The van der Waals surface area contributed by atoms with Gasteiger partial charge in [-0.25, -0.2) is 0 Å². The zero-order valence-electron chi connectivity index (χ0n) is 12.3. The van der Waals surface area contributed by atoms with E-state index in [9.17, 15) is 9.59 Å². The summed E-state index contributed by atoms with van der Waals surface area (Å²) in [4.78, 5) is 25.9. The van der Waals surface area contributed by atoms with Crippen LogP contribution < -0.4 is 0 Å². The number of carbonyl (C=O) groups is 2. The highest BCUT2D eigenvalue weighted by molar-refractivity contribution is 7.12. The van der Waals surface area contributed by atoms with Gasteiger partial charge in [-0.15, -0.1) is 11.3 Å². The largest absolute Gasteiger partial charge is 0.468 e. The van der Waals surface area contributed by atoms with Gasteiger partial charge in [0.1, 0.15) is 12.6 Å². The molecule has 0 aliphatic rings. The van der Waals surface area contributed by atoms with E-state index < -0.39 is 5.97 Å². The third kappa shape index (κ3) is 4.31. The molecule has 0 unspecified atom stereocenters. The van der Waals surface area contributed by atoms with Crippen LogP contribution in [-0.2, 0) is 16.1 Å². The summed E-state index contributed by atoms with van der Waals surface area (Å²) in [5.41, 5.74) is 1.14. The Balaban J connectivity index is 2.26. The van der Waals surface area contributed by atoms with Crippen molar-refractivity contribution in [3.05, 3.63) is 56.7 Å². The van der Waals surface area contributed by atoms with E-state index >= 15 is 0 Å². The Morgan fingerprint density at radius 1 is 1.39 bits per heavy atom. The van der Waals surface area contributed by atoms with Crippen molar-refractivity contribution in [3.63, 3.8) is 0 Å². The summed E-state index contributed by atoms with van der Waals surface area (Å²) >= 11 is 7.28. The molecule has 0 fully saturated rings. The van der Waals surface area contributed by atoms with Crippen LogP contribution in [0.15, 0.2) is 35.7 Å². The van der Waals surface area contributed by atoms with Crippen LogP contribution in [0.4, 0.5) is 0 Å². The Labute approximate surface area is 142 Å². The van der Waals surface area contributed by atoms with E-state index in [0.717, 1.165) is 16.9 Å². The lowest BCUT2D eigenvalue weighted by atomic mass is 10.2. The molecule has 0 aliphatic carbocycles. The summed E-state index contributed by atoms with van der Waals surface area (Å²) in [6.45, 7) is -0.0201. The minimum atomic E-state index is -0.525. The molecule has 118 valence electrons. The standard InChI is InChI=1S/C16H13ClN2O3S/c1-22-15(20)9-19(8-12-4-2-3-5-13(12)17)16(21)14-6-11(7-18)10-23-14/h2-6,10H,8-9H2,1H3. The quantitative estimate of drug-likeness (QED) is 0.778. The van der Waals surface area contributed by atoms with E-state index in [1.807, 2.05) is 6.07 Å². The number of hydrogen-bond acceptors (Lipinski definition) is 5. The Hall–Kier alpha value is -2.36. The second kappa shape index (κ2) is 7.77. The number of ether oxygens (including phenoxy) is 1. The van der Waals surface area contributed by atoms with Crippen molar-refractivity contribution in [2.75, 3.05) is 13.7 Å². The molecule has 7 heteroatoms. The Kier molecular flexibility index (Phi) is 5.74. The molecule has 0 radical (unpaired) electrons. The highest BCUT2D eigenvalue weighted by Gasteiger charge is 2.22. The molecule has 1 aromatic carbocycles. The number of nitriles is 1. The van der Waals surface area contributed by atoms with Crippen LogP contribution >= 0.6 is 22.9 Å². The summed E-state index contributed by atoms with van der Waals surface area (Å²) in [7, 11) is 1.26. The number of carbonyl (C=O) groups excluding carboxylic acids is 2. The van der Waals surface area contributed by atoms with Gasteiger partial charge in [-0.05, 0) is 17.7 Å². The SMILES string of the molecule is COC(=O)CN(Cc1ccccc1Cl)C(=O)c1cc(C#N)cs1. The maximum absolute atomic E-state index is 12.6. The average Bonchev–Trinajstić information content (AvgIpc) is 3.04. The molecule has 1 aromatic heterocycles. The van der Waals surface area contributed by atoms with Gasteiger partial charge in [-0.1, -0.05) is 29.8 Å². The summed E-state index contributed by atoms with van der Waals surface area (Å²) in [5.74, 6) is -0.871. The van der Waals surface area contributed by atoms with Crippen LogP contribution in [0, 0.1) is 11.3 Å². The number of hydrogen-bond donors (Lipinski definition) is 0. The van der Waals surface area contributed by atoms with Crippen LogP contribution in [0.1, 0.15) is 20.8 Å². The van der Waals surface area contributed by atoms with Gasteiger partial charge in [0.05, 0.1) is 17.6 Å². The lowest BCUT2D eigenvalue weighted by Crippen LogP contribution is -2.35. The molecule has 0 N–H and O–H groups in total. The Bertz CT molecular complexity index is 767. The molecule has 1 amide bonds. The van der Waals surface area contributed by atoms with Gasteiger partial charge in [0.25, 0.3) is 5.91 Å². The number of amides is 1. The lowest BCUT2D eigenvalue weighted by Gasteiger charge is -2.21. The van der Waals surface area contributed by atoms with E-state index in [2.05, 4.69) is 4.74 Å².